The SMILES string of the molecule is CN1C(=O)c2ccc(NC(=O)c3ccc(COc4ccc(F)cc4)o3)cc2C1=O. The maximum Gasteiger partial charge on any atom is 0.291 e. The molecule has 0 atom stereocenters. The maximum absolute atomic E-state index is 12.9. The molecule has 4 rings (SSSR count). The Hall–Kier alpha value is -3.94. The van der Waals surface area contributed by atoms with Crippen molar-refractivity contribution in [2.75, 3.05) is 12.4 Å². The van der Waals surface area contributed by atoms with Gasteiger partial charge in [0.15, 0.2) is 5.76 Å². The summed E-state index contributed by atoms with van der Waals surface area (Å²) in [4.78, 5) is 37.4. The van der Waals surface area contributed by atoms with Crippen molar-refractivity contribution in [3.63, 3.8) is 0 Å². The van der Waals surface area contributed by atoms with E-state index < -0.39 is 11.8 Å². The van der Waals surface area contributed by atoms with Gasteiger partial charge < -0.3 is 14.5 Å². The van der Waals surface area contributed by atoms with Gasteiger partial charge >= 0.3 is 0 Å². The number of hydrogen-bond acceptors (Lipinski definition) is 5. The number of imide groups is 1. The average molecular weight is 394 g/mol. The maximum atomic E-state index is 12.9. The zero-order valence-corrected chi connectivity index (χ0v) is 15.3. The van der Waals surface area contributed by atoms with Crippen LogP contribution in [0.3, 0.4) is 0 Å². The van der Waals surface area contributed by atoms with Crippen LogP contribution in [0.4, 0.5) is 10.1 Å². The monoisotopic (exact) mass is 394 g/mol. The average Bonchev–Trinajstić information content (AvgIpc) is 3.28. The number of ether oxygens (including phenoxy) is 1. The van der Waals surface area contributed by atoms with E-state index in [9.17, 15) is 18.8 Å². The van der Waals surface area contributed by atoms with Crippen LogP contribution in [0.5, 0.6) is 5.75 Å². The molecule has 29 heavy (non-hydrogen) atoms. The minimum Gasteiger partial charge on any atom is -0.486 e. The summed E-state index contributed by atoms with van der Waals surface area (Å²) in [6, 6.07) is 13.1. The highest BCUT2D eigenvalue weighted by Gasteiger charge is 2.32. The van der Waals surface area contributed by atoms with E-state index in [0.717, 1.165) is 4.90 Å². The molecule has 3 amide bonds. The number of halogens is 1. The molecule has 0 unspecified atom stereocenters. The molecule has 8 heteroatoms. The minimum absolute atomic E-state index is 0.0581. The van der Waals surface area contributed by atoms with Gasteiger partial charge in [0.05, 0.1) is 11.1 Å². The fraction of sp³-hybridized carbons (Fsp3) is 0.0952. The number of benzene rings is 2. The molecular weight excluding hydrogens is 379 g/mol. The Bertz CT molecular complexity index is 1120. The number of amides is 3. The molecule has 1 aliphatic rings. The Labute approximate surface area is 164 Å². The van der Waals surface area contributed by atoms with Crippen molar-refractivity contribution in [1.29, 1.82) is 0 Å². The van der Waals surface area contributed by atoms with E-state index in [4.69, 9.17) is 9.15 Å². The van der Waals surface area contributed by atoms with Crippen molar-refractivity contribution in [3.8, 4) is 5.75 Å². The van der Waals surface area contributed by atoms with E-state index in [1.807, 2.05) is 0 Å². The number of nitrogens with one attached hydrogen (secondary N) is 1. The number of hydrogen-bond donors (Lipinski definition) is 1. The van der Waals surface area contributed by atoms with Gasteiger partial charge in [-0.3, -0.25) is 19.3 Å². The molecule has 2 heterocycles. The summed E-state index contributed by atoms with van der Waals surface area (Å²) in [5.74, 6) is -0.726. The van der Waals surface area contributed by atoms with Crippen LogP contribution in [-0.2, 0) is 6.61 Å². The minimum atomic E-state index is -0.511. The normalized spacial score (nSPS) is 12.8. The Morgan fingerprint density at radius 2 is 1.76 bits per heavy atom. The van der Waals surface area contributed by atoms with Gasteiger partial charge in [-0.1, -0.05) is 0 Å². The van der Waals surface area contributed by atoms with Crippen LogP contribution in [-0.4, -0.2) is 29.7 Å². The van der Waals surface area contributed by atoms with Crippen molar-refractivity contribution in [2.24, 2.45) is 0 Å². The van der Waals surface area contributed by atoms with Gasteiger partial charge in [0.2, 0.25) is 0 Å². The summed E-state index contributed by atoms with van der Waals surface area (Å²) in [5.41, 5.74) is 0.905. The Morgan fingerprint density at radius 3 is 2.52 bits per heavy atom. The summed E-state index contributed by atoms with van der Waals surface area (Å²) in [6.45, 7) is 0.0701. The Balaban J connectivity index is 1.41. The molecule has 2 aromatic carbocycles. The van der Waals surface area contributed by atoms with Crippen molar-refractivity contribution in [3.05, 3.63) is 83.1 Å². The number of rotatable bonds is 5. The van der Waals surface area contributed by atoms with Gasteiger partial charge in [-0.25, -0.2) is 4.39 Å². The first kappa shape index (κ1) is 18.4. The van der Waals surface area contributed by atoms with Gasteiger partial charge in [-0.2, -0.15) is 0 Å². The van der Waals surface area contributed by atoms with E-state index in [1.165, 1.54) is 49.5 Å². The third-order valence-corrected chi connectivity index (χ3v) is 4.43. The predicted octanol–water partition coefficient (Wildman–Crippen LogP) is 3.48. The van der Waals surface area contributed by atoms with Crippen LogP contribution in [0.1, 0.15) is 37.0 Å². The summed E-state index contributed by atoms with van der Waals surface area (Å²) in [5, 5.41) is 2.63. The lowest BCUT2D eigenvalue weighted by Gasteiger charge is -2.05. The zero-order valence-electron chi connectivity index (χ0n) is 15.3. The van der Waals surface area contributed by atoms with Gasteiger partial charge in [-0.15, -0.1) is 0 Å². The smallest absolute Gasteiger partial charge is 0.291 e. The van der Waals surface area contributed by atoms with Crippen molar-refractivity contribution >= 4 is 23.4 Å². The van der Waals surface area contributed by atoms with Crippen LogP contribution < -0.4 is 10.1 Å². The fourth-order valence-corrected chi connectivity index (χ4v) is 2.89. The van der Waals surface area contributed by atoms with E-state index in [1.54, 1.807) is 12.1 Å². The molecule has 0 bridgehead atoms. The molecule has 0 saturated heterocycles. The van der Waals surface area contributed by atoms with E-state index >= 15 is 0 Å². The molecule has 1 aliphatic heterocycles. The van der Waals surface area contributed by atoms with Crippen LogP contribution in [0.15, 0.2) is 59.0 Å². The number of fused-ring (bicyclic) bond motifs is 1. The number of carbonyl (C=O) groups excluding carboxylic acids is 3. The topological polar surface area (TPSA) is 88.8 Å². The van der Waals surface area contributed by atoms with Gasteiger partial charge in [0.1, 0.15) is 23.9 Å². The summed E-state index contributed by atoms with van der Waals surface area (Å²) < 4.78 is 23.8. The first-order valence-electron chi connectivity index (χ1n) is 8.67. The summed E-state index contributed by atoms with van der Waals surface area (Å²) in [6.07, 6.45) is 0. The van der Waals surface area contributed by atoms with Crippen molar-refractivity contribution in [2.45, 2.75) is 6.61 Å². The second-order valence-corrected chi connectivity index (χ2v) is 6.39. The molecule has 146 valence electrons. The first-order chi connectivity index (χ1) is 13.9. The largest absolute Gasteiger partial charge is 0.486 e. The van der Waals surface area contributed by atoms with Crippen LogP contribution >= 0.6 is 0 Å². The lowest BCUT2D eigenvalue weighted by atomic mass is 10.1. The van der Waals surface area contributed by atoms with Gasteiger partial charge in [0.25, 0.3) is 17.7 Å². The number of furan rings is 1. The molecule has 1 aromatic heterocycles. The molecular formula is C21H15FN2O5. The van der Waals surface area contributed by atoms with Crippen molar-refractivity contribution in [1.82, 2.24) is 4.90 Å². The molecule has 0 saturated carbocycles. The Morgan fingerprint density at radius 1 is 1.03 bits per heavy atom. The number of nitrogens with zero attached hydrogens (tertiary/aromatic N) is 1. The lowest BCUT2D eigenvalue weighted by Crippen LogP contribution is -2.24. The number of anilines is 1. The molecule has 0 fully saturated rings. The second-order valence-electron chi connectivity index (χ2n) is 6.39. The zero-order chi connectivity index (χ0) is 20.5. The molecule has 1 N–H and O–H groups in total. The second kappa shape index (κ2) is 7.23. The fourth-order valence-electron chi connectivity index (χ4n) is 2.89. The molecule has 7 nitrogen and oxygen atoms in total. The van der Waals surface area contributed by atoms with Crippen LogP contribution in [0.25, 0.3) is 0 Å². The van der Waals surface area contributed by atoms with E-state index in [-0.39, 0.29) is 29.7 Å². The van der Waals surface area contributed by atoms with Crippen LogP contribution in [0, 0.1) is 5.82 Å². The predicted molar refractivity (Wildman–Crippen MR) is 100 cm³/mol. The first-order valence-corrected chi connectivity index (χ1v) is 8.67. The Kier molecular flexibility index (Phi) is 4.59. The molecule has 0 radical (unpaired) electrons. The highest BCUT2D eigenvalue weighted by Crippen LogP contribution is 2.25. The molecule has 0 aliphatic carbocycles. The summed E-state index contributed by atoms with van der Waals surface area (Å²) >= 11 is 0. The quantitative estimate of drug-likeness (QED) is 0.670. The summed E-state index contributed by atoms with van der Waals surface area (Å²) in [7, 11) is 1.40. The van der Waals surface area contributed by atoms with Gasteiger partial charge in [-0.05, 0) is 54.6 Å². The third-order valence-electron chi connectivity index (χ3n) is 4.43. The highest BCUT2D eigenvalue weighted by molar-refractivity contribution is 6.21. The van der Waals surface area contributed by atoms with E-state index in [0.29, 0.717) is 22.8 Å². The standard InChI is InChI=1S/C21H15FN2O5/c1-24-20(26)16-8-4-13(10-17(16)21(24)27)23-19(25)18-9-7-15(29-18)11-28-14-5-2-12(22)3-6-14/h2-10H,11H2,1H3,(H,23,25). The molecule has 3 aromatic rings. The van der Waals surface area contributed by atoms with Crippen LogP contribution in [0.2, 0.25) is 0 Å². The van der Waals surface area contributed by atoms with E-state index in [2.05, 4.69) is 5.32 Å². The lowest BCUT2D eigenvalue weighted by molar-refractivity contribution is 0.0692. The van der Waals surface area contributed by atoms with Gasteiger partial charge in [0, 0.05) is 12.7 Å². The number of carbonyl (C=O) groups is 3. The van der Waals surface area contributed by atoms with Crippen molar-refractivity contribution < 1.29 is 27.9 Å². The molecule has 0 spiro atoms. The highest BCUT2D eigenvalue weighted by atomic mass is 19.1. The third kappa shape index (κ3) is 3.60.